The summed E-state index contributed by atoms with van der Waals surface area (Å²) in [6.45, 7) is 7.07. The van der Waals surface area contributed by atoms with Gasteiger partial charge in [-0.15, -0.1) is 0 Å². The van der Waals surface area contributed by atoms with E-state index in [0.717, 1.165) is 0 Å². The van der Waals surface area contributed by atoms with Crippen molar-refractivity contribution in [3.05, 3.63) is 66.3 Å². The molecule has 0 aliphatic heterocycles. The molecule has 30 heteroatoms. The molecule has 79 heavy (non-hydrogen) atoms. The third-order valence-corrected chi connectivity index (χ3v) is 12.1. The van der Waals surface area contributed by atoms with Gasteiger partial charge < -0.3 is 91.2 Å². The van der Waals surface area contributed by atoms with E-state index in [1.165, 1.54) is 50.0 Å². The molecule has 3 aromatic rings. The lowest BCUT2D eigenvalue weighted by Crippen LogP contribution is -2.60. The molecule has 0 fully saturated rings. The van der Waals surface area contributed by atoms with Crippen molar-refractivity contribution in [2.75, 3.05) is 19.6 Å². The van der Waals surface area contributed by atoms with Crippen LogP contribution in [0.4, 0.5) is 0 Å². The number of imidazole rings is 2. The largest absolute Gasteiger partial charge is 0.508 e. The molecule has 24 N–H and O–H groups in total. The van der Waals surface area contributed by atoms with Gasteiger partial charge in [0.25, 0.3) is 0 Å². The van der Waals surface area contributed by atoms with Crippen LogP contribution in [0.25, 0.3) is 0 Å². The molecule has 434 valence electrons. The van der Waals surface area contributed by atoms with Gasteiger partial charge in [0.2, 0.25) is 47.3 Å². The lowest BCUT2D eigenvalue weighted by Gasteiger charge is -2.28. The summed E-state index contributed by atoms with van der Waals surface area (Å²) in [6.07, 6.45) is 6.27. The molecule has 3 rings (SSSR count). The zero-order chi connectivity index (χ0) is 58.6. The number of benzene rings is 1. The highest BCUT2D eigenvalue weighted by atomic mass is 16.3. The maximum Gasteiger partial charge on any atom is 0.243 e. The summed E-state index contributed by atoms with van der Waals surface area (Å²) < 4.78 is 0. The van der Waals surface area contributed by atoms with Gasteiger partial charge in [0.15, 0.2) is 17.9 Å². The van der Waals surface area contributed by atoms with E-state index in [0.29, 0.717) is 17.0 Å². The number of carbonyl (C=O) groups excluding carboxylic acids is 8. The normalized spacial score (nSPS) is 14.0. The average Bonchev–Trinajstić information content (AvgIpc) is 4.11. The van der Waals surface area contributed by atoms with Crippen LogP contribution in [0, 0.1) is 28.1 Å². The van der Waals surface area contributed by atoms with Crippen LogP contribution < -0.4 is 76.1 Å². The number of nitrogens with one attached hydrogen (secondary N) is 15. The highest BCUT2D eigenvalue weighted by Gasteiger charge is 2.34. The number of phenolic OH excluding ortho intramolecular Hbond substituents is 1. The fourth-order valence-corrected chi connectivity index (χ4v) is 7.90. The van der Waals surface area contributed by atoms with E-state index in [1.807, 2.05) is 13.8 Å². The Morgan fingerprint density at radius 1 is 0.506 bits per heavy atom. The number of nitrogens with zero attached hydrogens (tertiary/aromatic N) is 2. The lowest BCUT2D eigenvalue weighted by atomic mass is 10.0. The molecule has 2 aromatic heterocycles. The number of aromatic nitrogens is 4. The smallest absolute Gasteiger partial charge is 0.243 e. The quantitative estimate of drug-likeness (QED) is 0.0153. The molecule has 0 saturated heterocycles. The van der Waals surface area contributed by atoms with Gasteiger partial charge in [0, 0.05) is 57.2 Å². The number of primary amides is 1. The second-order valence-electron chi connectivity index (χ2n) is 19.4. The van der Waals surface area contributed by atoms with E-state index in [-0.39, 0.29) is 113 Å². The number of rotatable bonds is 35. The Balaban J connectivity index is 1.97. The summed E-state index contributed by atoms with van der Waals surface area (Å²) >= 11 is 0. The van der Waals surface area contributed by atoms with Gasteiger partial charge in [0.05, 0.1) is 24.0 Å². The average molecular weight is 1110 g/mol. The van der Waals surface area contributed by atoms with Gasteiger partial charge in [-0.05, 0) is 75.5 Å². The first-order valence-electron chi connectivity index (χ1n) is 25.8. The Hall–Kier alpha value is -8.99. The molecule has 2 heterocycles. The van der Waals surface area contributed by atoms with Crippen molar-refractivity contribution in [1.82, 2.24) is 73.1 Å². The topological polar surface area (TPSA) is 510 Å². The highest BCUT2D eigenvalue weighted by molar-refractivity contribution is 5.98. The monoisotopic (exact) mass is 1110 g/mol. The fraction of sp³-hybridized carbons (Fsp3) is 0.531. The molecule has 30 nitrogen and oxygen atoms in total. The number of aromatic hydroxyl groups is 1. The second-order valence-corrected chi connectivity index (χ2v) is 19.4. The maximum absolute atomic E-state index is 14.6. The molecule has 0 radical (unpaired) electrons. The minimum Gasteiger partial charge on any atom is -0.508 e. The second kappa shape index (κ2) is 33.2. The summed E-state index contributed by atoms with van der Waals surface area (Å²) in [5.74, 6) is -7.96. The van der Waals surface area contributed by atoms with Crippen molar-refractivity contribution in [2.24, 2.45) is 34.8 Å². The first-order chi connectivity index (χ1) is 37.4. The van der Waals surface area contributed by atoms with E-state index in [4.69, 9.17) is 39.2 Å². The van der Waals surface area contributed by atoms with Crippen molar-refractivity contribution < 1.29 is 43.5 Å². The Kier molecular flexibility index (Phi) is 27.0. The third-order valence-electron chi connectivity index (χ3n) is 12.1. The predicted molar refractivity (Wildman–Crippen MR) is 291 cm³/mol. The molecular formula is C49H79N21O9. The number of phenols is 1. The van der Waals surface area contributed by atoms with Crippen LogP contribution in [-0.4, -0.2) is 152 Å². The van der Waals surface area contributed by atoms with E-state index in [1.54, 1.807) is 13.1 Å². The van der Waals surface area contributed by atoms with Gasteiger partial charge in [-0.2, -0.15) is 0 Å². The molecule has 0 spiro atoms. The number of hydrogen-bond acceptors (Lipinski definition) is 14. The molecule has 8 atom stereocenters. The summed E-state index contributed by atoms with van der Waals surface area (Å²) in [7, 11) is 0. The van der Waals surface area contributed by atoms with Crippen molar-refractivity contribution in [3.8, 4) is 5.75 Å². The molecule has 0 aliphatic rings. The fourth-order valence-electron chi connectivity index (χ4n) is 7.90. The summed E-state index contributed by atoms with van der Waals surface area (Å²) in [4.78, 5) is 125. The number of H-pyrrole nitrogens is 2. The van der Waals surface area contributed by atoms with Crippen LogP contribution in [0.15, 0.2) is 49.3 Å². The van der Waals surface area contributed by atoms with Gasteiger partial charge >= 0.3 is 0 Å². The van der Waals surface area contributed by atoms with Crippen LogP contribution in [0.1, 0.15) is 89.6 Å². The van der Waals surface area contributed by atoms with Crippen LogP contribution in [0.2, 0.25) is 0 Å². The summed E-state index contributed by atoms with van der Waals surface area (Å²) in [5, 5.41) is 59.2. The number of hydrogen-bond donors (Lipinski definition) is 20. The van der Waals surface area contributed by atoms with Crippen LogP contribution in [0.3, 0.4) is 0 Å². The maximum atomic E-state index is 14.6. The molecular weight excluding hydrogens is 1030 g/mol. The molecule has 0 bridgehead atoms. The van der Waals surface area contributed by atoms with Gasteiger partial charge in [-0.3, -0.25) is 54.6 Å². The van der Waals surface area contributed by atoms with Gasteiger partial charge in [-0.1, -0.05) is 32.9 Å². The van der Waals surface area contributed by atoms with Crippen LogP contribution in [-0.2, 0) is 57.6 Å². The van der Waals surface area contributed by atoms with Crippen molar-refractivity contribution >= 4 is 65.1 Å². The minimum atomic E-state index is -1.49. The SMILES string of the molecule is CC(C)C[C@H](NC(=O)[C@H](CCCNC(=N)N)NC(=O)[C@H](CCCNC(=N)N)NC(=O)[C@H](Cc1c[nH]cn1)NC(=O)[C@H](CCCNC(=N)N)NC(=O)[C@H](Cc1ccc(O)cc1)NC(=O)[C@H](C)NC(=O)[C@@H](C)Cc1c[nH]cn1)C(N)=O. The Labute approximate surface area is 457 Å². The van der Waals surface area contributed by atoms with E-state index in [9.17, 15) is 43.5 Å². The minimum absolute atomic E-state index is 0.0218. The Morgan fingerprint density at radius 2 is 0.886 bits per heavy atom. The molecule has 0 saturated carbocycles. The predicted octanol–water partition coefficient (Wildman–Crippen LogP) is -3.76. The Morgan fingerprint density at radius 3 is 1.28 bits per heavy atom. The van der Waals surface area contributed by atoms with Crippen LogP contribution in [0.5, 0.6) is 5.75 Å². The van der Waals surface area contributed by atoms with Crippen molar-refractivity contribution in [1.29, 1.82) is 16.2 Å². The lowest BCUT2D eigenvalue weighted by molar-refractivity contribution is -0.136. The molecule has 1 aromatic carbocycles. The van der Waals surface area contributed by atoms with Gasteiger partial charge in [0.1, 0.15) is 48.0 Å². The molecule has 8 amide bonds. The first kappa shape index (κ1) is 64.3. The van der Waals surface area contributed by atoms with Gasteiger partial charge in [-0.25, -0.2) is 9.97 Å². The van der Waals surface area contributed by atoms with E-state index < -0.39 is 95.5 Å². The zero-order valence-corrected chi connectivity index (χ0v) is 44.9. The van der Waals surface area contributed by atoms with Crippen molar-refractivity contribution in [3.63, 3.8) is 0 Å². The standard InChI is InChI=1S/C49H79N21O9/c1-26(2)18-36(39(50)72)68-43(76)34(9-6-16-60-48(53)54)65-42(75)33(8-5-15-59-47(51)52)67-46(79)38(21-31-23-58-25-63-31)70-44(77)35(10-7-17-61-49(55)56)66-45(78)37(20-29-11-13-32(71)14-12-29)69-41(74)28(4)64-40(73)27(3)19-30-22-57-24-62-30/h11-14,22-28,33-38,71H,5-10,15-21H2,1-4H3,(H2,50,72)(H,57,62)(H,58,63)(H,64,73)(H,65,75)(H,66,78)(H,67,79)(H,68,76)(H,69,74)(H,70,77)(H4,51,52,59)(H4,53,54,60)(H4,55,56,61)/t27-,28-,33-,34-,35-,36-,37-,38-/m0/s1. The zero-order valence-electron chi connectivity index (χ0n) is 44.9. The summed E-state index contributed by atoms with van der Waals surface area (Å²) in [6, 6.07) is -3.38. The third kappa shape index (κ3) is 24.7. The van der Waals surface area contributed by atoms with E-state index >= 15 is 0 Å². The van der Waals surface area contributed by atoms with E-state index in [2.05, 4.69) is 73.1 Å². The molecule has 0 unspecified atom stereocenters. The number of guanidine groups is 3. The first-order valence-corrected chi connectivity index (χ1v) is 25.8. The van der Waals surface area contributed by atoms with Crippen molar-refractivity contribution in [2.45, 2.75) is 134 Å². The summed E-state index contributed by atoms with van der Waals surface area (Å²) in [5.41, 5.74) is 23.5. The Bertz CT molecular complexity index is 2490. The number of carbonyl (C=O) groups is 8. The molecule has 0 aliphatic carbocycles. The number of aromatic amines is 2. The number of amides is 8. The highest BCUT2D eigenvalue weighted by Crippen LogP contribution is 2.14. The van der Waals surface area contributed by atoms with Crippen LogP contribution >= 0.6 is 0 Å². The number of nitrogens with two attached hydrogens (primary N) is 4.